The Bertz CT molecular complexity index is 810. The summed E-state index contributed by atoms with van der Waals surface area (Å²) in [6, 6.07) is 8.13. The van der Waals surface area contributed by atoms with Gasteiger partial charge in [0.2, 0.25) is 0 Å². The molecule has 0 unspecified atom stereocenters. The van der Waals surface area contributed by atoms with Crippen molar-refractivity contribution in [2.24, 2.45) is 0 Å². The van der Waals surface area contributed by atoms with Gasteiger partial charge in [0.25, 0.3) is 5.91 Å². The van der Waals surface area contributed by atoms with Crippen molar-refractivity contribution < 1.29 is 13.6 Å². The maximum absolute atomic E-state index is 13.7. The van der Waals surface area contributed by atoms with Crippen molar-refractivity contribution in [3.05, 3.63) is 64.9 Å². The molecule has 1 aromatic heterocycles. The number of anilines is 1. The van der Waals surface area contributed by atoms with E-state index in [1.54, 1.807) is 12.1 Å². The average molecular weight is 343 g/mol. The van der Waals surface area contributed by atoms with Crippen LogP contribution in [0.1, 0.15) is 28.9 Å². The number of halogens is 2. The van der Waals surface area contributed by atoms with Crippen LogP contribution in [0.3, 0.4) is 0 Å². The van der Waals surface area contributed by atoms with Crippen LogP contribution in [0.2, 0.25) is 0 Å². The number of nitrogens with one attached hydrogen (secondary N) is 1. The maximum atomic E-state index is 13.7. The highest BCUT2D eigenvalue weighted by molar-refractivity contribution is 6.03. The second-order valence-electron chi connectivity index (χ2n) is 6.13. The van der Waals surface area contributed by atoms with Crippen LogP contribution in [0, 0.1) is 11.6 Å². The molecule has 1 fully saturated rings. The van der Waals surface area contributed by atoms with Crippen molar-refractivity contribution in [3.63, 3.8) is 0 Å². The highest BCUT2D eigenvalue weighted by Crippen LogP contribution is 2.19. The van der Waals surface area contributed by atoms with E-state index in [0.29, 0.717) is 11.9 Å². The number of carbonyl (C=O) groups excluding carboxylic acids is 1. The lowest BCUT2D eigenvalue weighted by Crippen LogP contribution is -2.26. The number of rotatable bonds is 3. The van der Waals surface area contributed by atoms with Gasteiger partial charge < -0.3 is 10.2 Å². The van der Waals surface area contributed by atoms with Gasteiger partial charge in [-0.15, -0.1) is 0 Å². The lowest BCUT2D eigenvalue weighted by Gasteiger charge is -2.23. The second kappa shape index (κ2) is 7.53. The highest BCUT2D eigenvalue weighted by atomic mass is 19.1. The third kappa shape index (κ3) is 4.48. The molecule has 1 amide bonds. The van der Waals surface area contributed by atoms with E-state index in [1.807, 2.05) is 12.1 Å². The molecule has 2 heterocycles. The molecule has 0 saturated carbocycles. The minimum absolute atomic E-state index is 0.220. The van der Waals surface area contributed by atoms with E-state index in [-0.39, 0.29) is 5.56 Å². The SMILES string of the molecule is CN1CCC(=Cc2cccc(NC(=O)c3ccc(F)cc3F)n2)CC1. The number of amides is 1. The van der Waals surface area contributed by atoms with Gasteiger partial charge in [0, 0.05) is 19.2 Å². The topological polar surface area (TPSA) is 45.2 Å². The van der Waals surface area contributed by atoms with E-state index in [0.717, 1.165) is 43.8 Å². The number of hydrogen-bond donors (Lipinski definition) is 1. The largest absolute Gasteiger partial charge is 0.306 e. The van der Waals surface area contributed by atoms with Crippen molar-refractivity contribution in [2.45, 2.75) is 12.8 Å². The summed E-state index contributed by atoms with van der Waals surface area (Å²) in [6.07, 6.45) is 4.02. The first kappa shape index (κ1) is 17.2. The summed E-state index contributed by atoms with van der Waals surface area (Å²) in [5, 5.41) is 2.55. The normalized spacial score (nSPS) is 15.1. The number of benzene rings is 1. The maximum Gasteiger partial charge on any atom is 0.259 e. The molecule has 4 nitrogen and oxygen atoms in total. The molecule has 1 aromatic carbocycles. The molecule has 0 atom stereocenters. The van der Waals surface area contributed by atoms with Crippen molar-refractivity contribution in [3.8, 4) is 0 Å². The third-order valence-electron chi connectivity index (χ3n) is 4.17. The Morgan fingerprint density at radius 3 is 2.68 bits per heavy atom. The fraction of sp³-hybridized carbons (Fsp3) is 0.263. The van der Waals surface area contributed by atoms with Gasteiger partial charge in [-0.2, -0.15) is 0 Å². The fourth-order valence-electron chi connectivity index (χ4n) is 2.72. The van der Waals surface area contributed by atoms with Crippen molar-refractivity contribution in [1.29, 1.82) is 0 Å². The van der Waals surface area contributed by atoms with Gasteiger partial charge in [0.05, 0.1) is 11.3 Å². The Morgan fingerprint density at radius 2 is 1.96 bits per heavy atom. The molecule has 1 aliphatic rings. The second-order valence-corrected chi connectivity index (χ2v) is 6.13. The molecule has 25 heavy (non-hydrogen) atoms. The van der Waals surface area contributed by atoms with Crippen LogP contribution in [0.4, 0.5) is 14.6 Å². The van der Waals surface area contributed by atoms with Crippen LogP contribution in [-0.4, -0.2) is 35.9 Å². The molecule has 1 aliphatic heterocycles. The Labute approximate surface area is 145 Å². The van der Waals surface area contributed by atoms with E-state index in [1.165, 1.54) is 5.57 Å². The summed E-state index contributed by atoms with van der Waals surface area (Å²) in [6.45, 7) is 2.04. The first-order chi connectivity index (χ1) is 12.0. The van der Waals surface area contributed by atoms with Gasteiger partial charge in [-0.25, -0.2) is 13.8 Å². The molecule has 0 aliphatic carbocycles. The van der Waals surface area contributed by atoms with Crippen molar-refractivity contribution in [2.75, 3.05) is 25.5 Å². The van der Waals surface area contributed by atoms with Gasteiger partial charge in [-0.1, -0.05) is 11.6 Å². The van der Waals surface area contributed by atoms with E-state index in [4.69, 9.17) is 0 Å². The van der Waals surface area contributed by atoms with E-state index < -0.39 is 17.5 Å². The fourth-order valence-corrected chi connectivity index (χ4v) is 2.72. The van der Waals surface area contributed by atoms with E-state index in [9.17, 15) is 13.6 Å². The Kier molecular flexibility index (Phi) is 5.19. The molecule has 130 valence electrons. The van der Waals surface area contributed by atoms with Crippen LogP contribution in [0.15, 0.2) is 42.0 Å². The van der Waals surface area contributed by atoms with Crippen molar-refractivity contribution in [1.82, 2.24) is 9.88 Å². The first-order valence-corrected chi connectivity index (χ1v) is 8.13. The van der Waals surface area contributed by atoms with Crippen LogP contribution in [-0.2, 0) is 0 Å². The van der Waals surface area contributed by atoms with E-state index >= 15 is 0 Å². The monoisotopic (exact) mass is 343 g/mol. The molecular weight excluding hydrogens is 324 g/mol. The minimum atomic E-state index is -0.901. The van der Waals surface area contributed by atoms with Crippen LogP contribution in [0.5, 0.6) is 0 Å². The average Bonchev–Trinajstić information content (AvgIpc) is 2.57. The Morgan fingerprint density at radius 1 is 1.20 bits per heavy atom. The number of likely N-dealkylation sites (tertiary alicyclic amines) is 1. The standard InChI is InChI=1S/C19H19F2N3O/c1-24-9-7-13(8-10-24)11-15-3-2-4-18(22-15)23-19(25)16-6-5-14(20)12-17(16)21/h2-6,11-12H,7-10H2,1H3,(H,22,23,25). The third-order valence-corrected chi connectivity index (χ3v) is 4.17. The van der Waals surface area contributed by atoms with Crippen LogP contribution >= 0.6 is 0 Å². The zero-order valence-corrected chi connectivity index (χ0v) is 13.9. The summed E-state index contributed by atoms with van der Waals surface area (Å²) in [7, 11) is 2.10. The predicted octanol–water partition coefficient (Wildman–Crippen LogP) is 3.72. The number of carbonyl (C=O) groups is 1. The molecule has 1 N–H and O–H groups in total. The Hall–Kier alpha value is -2.60. The van der Waals surface area contributed by atoms with Gasteiger partial charge in [0.15, 0.2) is 0 Å². The summed E-state index contributed by atoms with van der Waals surface area (Å²) in [5.74, 6) is -1.95. The lowest BCUT2D eigenvalue weighted by atomic mass is 10.0. The lowest BCUT2D eigenvalue weighted by molar-refractivity contribution is 0.102. The molecule has 6 heteroatoms. The number of nitrogens with zero attached hydrogens (tertiary/aromatic N) is 2. The summed E-state index contributed by atoms with van der Waals surface area (Å²) >= 11 is 0. The summed E-state index contributed by atoms with van der Waals surface area (Å²) in [4.78, 5) is 18.8. The van der Waals surface area contributed by atoms with Gasteiger partial charge in [0.1, 0.15) is 17.5 Å². The van der Waals surface area contributed by atoms with Crippen LogP contribution in [0.25, 0.3) is 6.08 Å². The zero-order chi connectivity index (χ0) is 17.8. The van der Waals surface area contributed by atoms with Crippen LogP contribution < -0.4 is 5.32 Å². The molecule has 1 saturated heterocycles. The molecule has 3 rings (SSSR count). The molecule has 0 bridgehead atoms. The molecule has 2 aromatic rings. The van der Waals surface area contributed by atoms with E-state index in [2.05, 4.69) is 22.2 Å². The predicted molar refractivity (Wildman–Crippen MR) is 93.3 cm³/mol. The minimum Gasteiger partial charge on any atom is -0.306 e. The zero-order valence-electron chi connectivity index (χ0n) is 13.9. The van der Waals surface area contributed by atoms with Gasteiger partial charge in [-0.05, 0) is 50.2 Å². The number of aromatic nitrogens is 1. The quantitative estimate of drug-likeness (QED) is 0.924. The molecule has 0 radical (unpaired) electrons. The molecule has 0 spiro atoms. The number of hydrogen-bond acceptors (Lipinski definition) is 3. The summed E-state index contributed by atoms with van der Waals surface area (Å²) in [5.41, 5.74) is 1.85. The highest BCUT2D eigenvalue weighted by Gasteiger charge is 2.14. The van der Waals surface area contributed by atoms with Gasteiger partial charge >= 0.3 is 0 Å². The number of pyridine rings is 1. The summed E-state index contributed by atoms with van der Waals surface area (Å²) < 4.78 is 26.6. The molecular formula is C19H19F2N3O. The Balaban J connectivity index is 1.73. The first-order valence-electron chi connectivity index (χ1n) is 8.13. The van der Waals surface area contributed by atoms with Gasteiger partial charge in [-0.3, -0.25) is 4.79 Å². The number of piperidine rings is 1. The smallest absolute Gasteiger partial charge is 0.259 e. The van der Waals surface area contributed by atoms with Crippen molar-refractivity contribution >= 4 is 17.8 Å².